The highest BCUT2D eigenvalue weighted by atomic mass is 28.3. The molecule has 1 unspecified atom stereocenters. The van der Waals surface area contributed by atoms with Gasteiger partial charge in [-0.2, -0.15) is 0 Å². The van der Waals surface area contributed by atoms with Crippen molar-refractivity contribution >= 4 is 76.4 Å². The van der Waals surface area contributed by atoms with Gasteiger partial charge in [0.15, 0.2) is 0 Å². The van der Waals surface area contributed by atoms with Gasteiger partial charge < -0.3 is 9.80 Å². The molecule has 4 heteroatoms. The van der Waals surface area contributed by atoms with Crippen molar-refractivity contribution < 1.29 is 0 Å². The SMILES string of the molecule is C[SiH](c1ccccc1)c1ccc(-c2cc3c4c(c2)N(c2ccccc2)c2ccccc2B4c2ccccc2N3c2ccccc2)cc1. The van der Waals surface area contributed by atoms with Gasteiger partial charge in [0.2, 0.25) is 0 Å². The summed E-state index contributed by atoms with van der Waals surface area (Å²) >= 11 is 0. The number of anilines is 6. The van der Waals surface area contributed by atoms with E-state index in [1.807, 2.05) is 0 Å². The molecule has 0 bridgehead atoms. The lowest BCUT2D eigenvalue weighted by molar-refractivity contribution is 1.25. The summed E-state index contributed by atoms with van der Waals surface area (Å²) in [5.74, 6) is 0. The molecule has 0 N–H and O–H groups in total. The highest BCUT2D eigenvalue weighted by molar-refractivity contribution is 7.00. The van der Waals surface area contributed by atoms with E-state index >= 15 is 0 Å². The zero-order valence-electron chi connectivity index (χ0n) is 26.3. The first-order valence-electron chi connectivity index (χ1n) is 16.5. The number of hydrogen-bond acceptors (Lipinski definition) is 2. The number of para-hydroxylation sites is 4. The van der Waals surface area contributed by atoms with Crippen LogP contribution in [-0.4, -0.2) is 15.5 Å². The van der Waals surface area contributed by atoms with Crippen LogP contribution in [0.4, 0.5) is 34.1 Å². The first-order valence-corrected chi connectivity index (χ1v) is 18.8. The summed E-state index contributed by atoms with van der Waals surface area (Å²) < 4.78 is 0. The number of nitrogens with zero attached hydrogens (tertiary/aromatic N) is 2. The molecule has 2 aliphatic rings. The summed E-state index contributed by atoms with van der Waals surface area (Å²) in [5.41, 5.74) is 13.8. The average Bonchev–Trinajstić information content (AvgIpc) is 3.15. The molecule has 7 aromatic rings. The molecule has 2 aliphatic heterocycles. The first kappa shape index (κ1) is 27.7. The van der Waals surface area contributed by atoms with Gasteiger partial charge in [-0.15, -0.1) is 0 Å². The first-order chi connectivity index (χ1) is 23.3. The fourth-order valence-corrected chi connectivity index (χ4v) is 9.63. The smallest absolute Gasteiger partial charge is 0.252 e. The van der Waals surface area contributed by atoms with Crippen LogP contribution in [0.15, 0.2) is 176 Å². The predicted molar refractivity (Wildman–Crippen MR) is 205 cm³/mol. The van der Waals surface area contributed by atoms with Crippen LogP contribution >= 0.6 is 0 Å². The Morgan fingerprint density at radius 1 is 0.404 bits per heavy atom. The van der Waals surface area contributed by atoms with Crippen molar-refractivity contribution in [3.05, 3.63) is 176 Å². The van der Waals surface area contributed by atoms with E-state index in [-0.39, 0.29) is 6.71 Å². The minimum atomic E-state index is -1.26. The highest BCUT2D eigenvalue weighted by Gasteiger charge is 2.43. The second kappa shape index (κ2) is 11.3. The molecule has 0 spiro atoms. The average molecular weight is 617 g/mol. The maximum atomic E-state index is 2.48. The van der Waals surface area contributed by atoms with Crippen LogP contribution in [0.2, 0.25) is 6.55 Å². The lowest BCUT2D eigenvalue weighted by Crippen LogP contribution is -2.61. The van der Waals surface area contributed by atoms with Gasteiger partial charge in [0.05, 0.1) is 8.80 Å². The van der Waals surface area contributed by atoms with Crippen molar-refractivity contribution in [2.24, 2.45) is 0 Å². The van der Waals surface area contributed by atoms with Crippen LogP contribution in [0.3, 0.4) is 0 Å². The largest absolute Gasteiger partial charge is 0.311 e. The van der Waals surface area contributed by atoms with Gasteiger partial charge in [-0.1, -0.05) is 144 Å². The molecule has 1 atom stereocenters. The third kappa shape index (κ3) is 4.56. The third-order valence-electron chi connectivity index (χ3n) is 9.96. The molecule has 7 aromatic carbocycles. The van der Waals surface area contributed by atoms with Crippen molar-refractivity contribution in [2.75, 3.05) is 9.80 Å². The molecule has 0 amide bonds. The van der Waals surface area contributed by atoms with Crippen LogP contribution in [0.1, 0.15) is 0 Å². The molecule has 0 saturated carbocycles. The van der Waals surface area contributed by atoms with E-state index < -0.39 is 8.80 Å². The zero-order valence-corrected chi connectivity index (χ0v) is 27.4. The Labute approximate surface area is 278 Å². The van der Waals surface area contributed by atoms with Crippen LogP contribution in [0.5, 0.6) is 0 Å². The van der Waals surface area contributed by atoms with Gasteiger partial charge >= 0.3 is 0 Å². The Bertz CT molecular complexity index is 2110. The monoisotopic (exact) mass is 616 g/mol. The maximum Gasteiger partial charge on any atom is 0.252 e. The van der Waals surface area contributed by atoms with Crippen LogP contribution in [0, 0.1) is 0 Å². The lowest BCUT2D eigenvalue weighted by atomic mass is 9.33. The minimum absolute atomic E-state index is 0.126. The zero-order chi connectivity index (χ0) is 31.3. The molecule has 47 heavy (non-hydrogen) atoms. The Balaban J connectivity index is 1.30. The fourth-order valence-electron chi connectivity index (χ4n) is 7.67. The van der Waals surface area contributed by atoms with Gasteiger partial charge in [-0.05, 0) is 76.0 Å². The van der Waals surface area contributed by atoms with E-state index in [2.05, 4.69) is 192 Å². The topological polar surface area (TPSA) is 6.48 Å². The molecular formula is C43H33BN2Si. The summed E-state index contributed by atoms with van der Waals surface area (Å²) in [5, 5.41) is 2.93. The Morgan fingerprint density at radius 3 is 1.34 bits per heavy atom. The predicted octanol–water partition coefficient (Wildman–Crippen LogP) is 7.41. The maximum absolute atomic E-state index is 2.48. The van der Waals surface area contributed by atoms with E-state index in [4.69, 9.17) is 0 Å². The van der Waals surface area contributed by atoms with E-state index in [0.29, 0.717) is 0 Å². The Hall–Kier alpha value is -5.58. The molecule has 9 rings (SSSR count). The normalized spacial score (nSPS) is 13.4. The molecule has 2 heterocycles. The summed E-state index contributed by atoms with van der Waals surface area (Å²) in [6, 6.07) is 64.9. The molecule has 0 aliphatic carbocycles. The van der Waals surface area contributed by atoms with E-state index in [9.17, 15) is 0 Å². The van der Waals surface area contributed by atoms with Gasteiger partial charge in [-0.25, -0.2) is 0 Å². The second-order valence-electron chi connectivity index (χ2n) is 12.6. The summed E-state index contributed by atoms with van der Waals surface area (Å²) in [6.07, 6.45) is 0. The number of fused-ring (bicyclic) bond motifs is 4. The second-order valence-corrected chi connectivity index (χ2v) is 15.4. The number of hydrogen-bond donors (Lipinski definition) is 0. The van der Waals surface area contributed by atoms with Crippen LogP contribution < -0.4 is 36.6 Å². The minimum Gasteiger partial charge on any atom is -0.311 e. The molecule has 0 saturated heterocycles. The fraction of sp³-hybridized carbons (Fsp3) is 0.0233. The molecule has 0 radical (unpaired) electrons. The van der Waals surface area contributed by atoms with Gasteiger partial charge in [-0.3, -0.25) is 0 Å². The molecule has 0 aromatic heterocycles. The van der Waals surface area contributed by atoms with Gasteiger partial charge in [0.25, 0.3) is 6.71 Å². The quantitative estimate of drug-likeness (QED) is 0.186. The van der Waals surface area contributed by atoms with Crippen molar-refractivity contribution in [1.82, 2.24) is 0 Å². The molecular weight excluding hydrogens is 583 g/mol. The van der Waals surface area contributed by atoms with Crippen molar-refractivity contribution in [1.29, 1.82) is 0 Å². The number of rotatable bonds is 5. The summed E-state index contributed by atoms with van der Waals surface area (Å²) in [6.45, 7) is 2.55. The van der Waals surface area contributed by atoms with Crippen molar-refractivity contribution in [3.63, 3.8) is 0 Å². The van der Waals surface area contributed by atoms with Gasteiger partial charge in [0, 0.05) is 34.1 Å². The standard InChI is InChI=1S/C43H33BN2Si/c1-47(35-19-9-4-10-20-35)36-27-25-31(26-28-36)32-29-41-43-42(30-32)46(34-17-7-3-8-18-34)40-24-14-12-22-38(40)44(43)37-21-11-13-23-39(37)45(41)33-15-5-2-6-16-33/h2-30,47H,1H3. The Kier molecular flexibility index (Phi) is 6.69. The van der Waals surface area contributed by atoms with E-state index in [1.54, 1.807) is 0 Å². The highest BCUT2D eigenvalue weighted by Crippen LogP contribution is 2.45. The lowest BCUT2D eigenvalue weighted by Gasteiger charge is -2.44. The van der Waals surface area contributed by atoms with Gasteiger partial charge in [0.1, 0.15) is 0 Å². The summed E-state index contributed by atoms with van der Waals surface area (Å²) in [7, 11) is -1.26. The Morgan fingerprint density at radius 2 is 0.830 bits per heavy atom. The molecule has 2 nitrogen and oxygen atoms in total. The van der Waals surface area contributed by atoms with Crippen molar-refractivity contribution in [2.45, 2.75) is 6.55 Å². The van der Waals surface area contributed by atoms with Crippen LogP contribution in [-0.2, 0) is 0 Å². The number of benzene rings is 7. The van der Waals surface area contributed by atoms with E-state index in [1.165, 1.54) is 72.0 Å². The van der Waals surface area contributed by atoms with E-state index in [0.717, 1.165) is 0 Å². The van der Waals surface area contributed by atoms with Crippen molar-refractivity contribution in [3.8, 4) is 11.1 Å². The summed E-state index contributed by atoms with van der Waals surface area (Å²) in [4.78, 5) is 4.95. The van der Waals surface area contributed by atoms with Crippen LogP contribution in [0.25, 0.3) is 11.1 Å². The third-order valence-corrected chi connectivity index (χ3v) is 12.7. The molecule has 0 fully saturated rings. The molecule has 222 valence electrons.